The zero-order valence-electron chi connectivity index (χ0n) is 10.8. The quantitative estimate of drug-likeness (QED) is 0.699. The summed E-state index contributed by atoms with van der Waals surface area (Å²) in [5.41, 5.74) is 0. The van der Waals surface area contributed by atoms with E-state index in [4.69, 9.17) is 5.11 Å². The standard InChI is InChI=1S/C12H20N4O2/c1-7(2)9(5-6-17)13-12(18)11-14-10(15-16-11)8-3-4-8/h7-9,17H,3-6H2,1-2H3,(H,13,18)(H,14,15,16). The molecule has 0 radical (unpaired) electrons. The van der Waals surface area contributed by atoms with Gasteiger partial charge in [-0.2, -0.15) is 0 Å². The predicted molar refractivity (Wildman–Crippen MR) is 66.2 cm³/mol. The maximum absolute atomic E-state index is 12.0. The zero-order valence-corrected chi connectivity index (χ0v) is 10.8. The number of H-pyrrole nitrogens is 1. The Morgan fingerprint density at radius 2 is 2.28 bits per heavy atom. The summed E-state index contributed by atoms with van der Waals surface area (Å²) in [5.74, 6) is 1.45. The van der Waals surface area contributed by atoms with Crippen molar-refractivity contribution in [1.29, 1.82) is 0 Å². The summed E-state index contributed by atoms with van der Waals surface area (Å²) in [4.78, 5) is 16.2. The van der Waals surface area contributed by atoms with E-state index in [1.165, 1.54) is 0 Å². The molecular formula is C12H20N4O2. The van der Waals surface area contributed by atoms with E-state index in [1.807, 2.05) is 13.8 Å². The van der Waals surface area contributed by atoms with Gasteiger partial charge in [0.25, 0.3) is 5.91 Å². The number of rotatable bonds is 6. The van der Waals surface area contributed by atoms with Crippen molar-refractivity contribution in [3.8, 4) is 0 Å². The Morgan fingerprint density at radius 3 is 2.83 bits per heavy atom. The number of hydrogen-bond acceptors (Lipinski definition) is 4. The summed E-state index contributed by atoms with van der Waals surface area (Å²) in [6.45, 7) is 4.08. The van der Waals surface area contributed by atoms with E-state index in [0.29, 0.717) is 12.3 Å². The van der Waals surface area contributed by atoms with E-state index >= 15 is 0 Å². The number of aromatic nitrogens is 3. The van der Waals surface area contributed by atoms with E-state index in [9.17, 15) is 4.79 Å². The lowest BCUT2D eigenvalue weighted by molar-refractivity contribution is 0.0906. The van der Waals surface area contributed by atoms with E-state index in [2.05, 4.69) is 20.5 Å². The summed E-state index contributed by atoms with van der Waals surface area (Å²) in [7, 11) is 0. The molecule has 1 aromatic heterocycles. The number of nitrogens with zero attached hydrogens (tertiary/aromatic N) is 2. The van der Waals surface area contributed by atoms with Gasteiger partial charge in [0, 0.05) is 18.6 Å². The molecule has 6 heteroatoms. The van der Waals surface area contributed by atoms with E-state index < -0.39 is 0 Å². The van der Waals surface area contributed by atoms with Crippen molar-refractivity contribution in [3.05, 3.63) is 11.6 Å². The second-order valence-corrected chi connectivity index (χ2v) is 5.15. The average molecular weight is 252 g/mol. The third kappa shape index (κ3) is 3.07. The molecule has 1 aromatic rings. The Morgan fingerprint density at radius 1 is 1.56 bits per heavy atom. The molecule has 1 fully saturated rings. The SMILES string of the molecule is CC(C)C(CCO)NC(=O)c1n[nH]c(C2CC2)n1. The molecule has 0 aromatic carbocycles. The maximum atomic E-state index is 12.0. The van der Waals surface area contributed by atoms with Crippen molar-refractivity contribution in [2.45, 2.75) is 45.1 Å². The van der Waals surface area contributed by atoms with Gasteiger partial charge in [0.2, 0.25) is 5.82 Å². The van der Waals surface area contributed by atoms with Gasteiger partial charge < -0.3 is 10.4 Å². The van der Waals surface area contributed by atoms with E-state index in [1.54, 1.807) is 0 Å². The lowest BCUT2D eigenvalue weighted by Gasteiger charge is -2.20. The smallest absolute Gasteiger partial charge is 0.291 e. The fraction of sp³-hybridized carbons (Fsp3) is 0.750. The predicted octanol–water partition coefficient (Wildman–Crippen LogP) is 0.819. The molecule has 100 valence electrons. The molecule has 6 nitrogen and oxygen atoms in total. The molecule has 1 aliphatic rings. The number of amides is 1. The van der Waals surface area contributed by atoms with Gasteiger partial charge in [-0.05, 0) is 25.2 Å². The van der Waals surface area contributed by atoms with Crippen molar-refractivity contribution in [3.63, 3.8) is 0 Å². The monoisotopic (exact) mass is 252 g/mol. The first kappa shape index (κ1) is 13.0. The summed E-state index contributed by atoms with van der Waals surface area (Å²) in [6, 6.07) is -0.0506. The molecule has 18 heavy (non-hydrogen) atoms. The van der Waals surface area contributed by atoms with Crippen molar-refractivity contribution in [2.24, 2.45) is 5.92 Å². The zero-order chi connectivity index (χ0) is 13.1. The number of aliphatic hydroxyl groups excluding tert-OH is 1. The van der Waals surface area contributed by atoms with Crippen LogP contribution < -0.4 is 5.32 Å². The average Bonchev–Trinajstić information content (AvgIpc) is 3.06. The van der Waals surface area contributed by atoms with Gasteiger partial charge >= 0.3 is 0 Å². The molecule has 1 unspecified atom stereocenters. The Balaban J connectivity index is 1.96. The number of aromatic amines is 1. The molecule has 1 heterocycles. The summed E-state index contributed by atoms with van der Waals surface area (Å²) >= 11 is 0. The third-order valence-electron chi connectivity index (χ3n) is 3.23. The molecule has 1 atom stereocenters. The van der Waals surface area contributed by atoms with Gasteiger partial charge in [0.1, 0.15) is 5.82 Å². The van der Waals surface area contributed by atoms with Gasteiger partial charge in [-0.25, -0.2) is 4.98 Å². The Labute approximate surface area is 106 Å². The molecule has 0 aliphatic heterocycles. The fourth-order valence-corrected chi connectivity index (χ4v) is 1.86. The number of nitrogens with one attached hydrogen (secondary N) is 2. The van der Waals surface area contributed by atoms with Crippen LogP contribution >= 0.6 is 0 Å². The third-order valence-corrected chi connectivity index (χ3v) is 3.23. The molecule has 1 amide bonds. The minimum Gasteiger partial charge on any atom is -0.396 e. The highest BCUT2D eigenvalue weighted by Gasteiger charge is 2.28. The van der Waals surface area contributed by atoms with Crippen LogP contribution in [0.2, 0.25) is 0 Å². The summed E-state index contributed by atoms with van der Waals surface area (Å²) in [5, 5.41) is 18.6. The minimum atomic E-state index is -0.273. The van der Waals surface area contributed by atoms with Crippen molar-refractivity contribution < 1.29 is 9.90 Å². The Hall–Kier alpha value is -1.43. The van der Waals surface area contributed by atoms with Crippen LogP contribution in [0.1, 0.15) is 55.5 Å². The van der Waals surface area contributed by atoms with Crippen LogP contribution in [0.5, 0.6) is 0 Å². The number of hydrogen-bond donors (Lipinski definition) is 3. The molecule has 1 saturated carbocycles. The van der Waals surface area contributed by atoms with Crippen molar-refractivity contribution in [2.75, 3.05) is 6.61 Å². The molecule has 0 saturated heterocycles. The van der Waals surface area contributed by atoms with Crippen LogP contribution in [0.4, 0.5) is 0 Å². The van der Waals surface area contributed by atoms with Gasteiger partial charge in [0.15, 0.2) is 0 Å². The first-order chi connectivity index (χ1) is 8.61. The minimum absolute atomic E-state index is 0.0506. The topological polar surface area (TPSA) is 90.9 Å². The Bertz CT molecular complexity index is 412. The lowest BCUT2D eigenvalue weighted by atomic mass is 10.0. The van der Waals surface area contributed by atoms with Crippen molar-refractivity contribution in [1.82, 2.24) is 20.5 Å². The molecule has 2 rings (SSSR count). The summed E-state index contributed by atoms with van der Waals surface area (Å²) in [6.07, 6.45) is 2.79. The fourth-order valence-electron chi connectivity index (χ4n) is 1.86. The van der Waals surface area contributed by atoms with Gasteiger partial charge in [-0.3, -0.25) is 9.89 Å². The largest absolute Gasteiger partial charge is 0.396 e. The second kappa shape index (κ2) is 5.48. The van der Waals surface area contributed by atoms with Crippen molar-refractivity contribution >= 4 is 5.91 Å². The molecule has 0 bridgehead atoms. The van der Waals surface area contributed by atoms with Gasteiger partial charge in [-0.15, -0.1) is 5.10 Å². The Kier molecular flexibility index (Phi) is 3.96. The first-order valence-electron chi connectivity index (χ1n) is 6.45. The second-order valence-electron chi connectivity index (χ2n) is 5.15. The highest BCUT2D eigenvalue weighted by molar-refractivity contribution is 5.90. The highest BCUT2D eigenvalue weighted by Crippen LogP contribution is 2.37. The number of carbonyl (C=O) groups is 1. The van der Waals surface area contributed by atoms with E-state index in [0.717, 1.165) is 18.7 Å². The van der Waals surface area contributed by atoms with Crippen LogP contribution in [-0.4, -0.2) is 38.8 Å². The van der Waals surface area contributed by atoms with Gasteiger partial charge in [0.05, 0.1) is 0 Å². The number of aliphatic hydroxyl groups is 1. The van der Waals surface area contributed by atoms with E-state index in [-0.39, 0.29) is 30.3 Å². The molecule has 0 spiro atoms. The molecular weight excluding hydrogens is 232 g/mol. The van der Waals surface area contributed by atoms with Crippen LogP contribution in [0, 0.1) is 5.92 Å². The molecule has 3 N–H and O–H groups in total. The number of carbonyl (C=O) groups excluding carboxylic acids is 1. The van der Waals surface area contributed by atoms with Crippen LogP contribution in [-0.2, 0) is 0 Å². The van der Waals surface area contributed by atoms with Gasteiger partial charge in [-0.1, -0.05) is 13.8 Å². The molecule has 1 aliphatic carbocycles. The van der Waals surface area contributed by atoms with Crippen LogP contribution in [0.25, 0.3) is 0 Å². The maximum Gasteiger partial charge on any atom is 0.291 e. The first-order valence-corrected chi connectivity index (χ1v) is 6.45. The summed E-state index contributed by atoms with van der Waals surface area (Å²) < 4.78 is 0. The van der Waals surface area contributed by atoms with Crippen LogP contribution in [0.15, 0.2) is 0 Å². The normalized spacial score (nSPS) is 16.9. The highest BCUT2D eigenvalue weighted by atomic mass is 16.3. The van der Waals surface area contributed by atoms with Crippen LogP contribution in [0.3, 0.4) is 0 Å². The lowest BCUT2D eigenvalue weighted by Crippen LogP contribution is -2.39.